The number of H-pyrrole nitrogens is 1. The van der Waals surface area contributed by atoms with E-state index in [4.69, 9.17) is 9.47 Å². The van der Waals surface area contributed by atoms with Crippen molar-refractivity contribution in [2.24, 2.45) is 0 Å². The van der Waals surface area contributed by atoms with Crippen LogP contribution in [0, 0.1) is 0 Å². The van der Waals surface area contributed by atoms with Crippen molar-refractivity contribution in [1.82, 2.24) is 19.9 Å². The Morgan fingerprint density at radius 3 is 3.04 bits per heavy atom. The average Bonchev–Trinajstić information content (AvgIpc) is 3.12. The van der Waals surface area contributed by atoms with Gasteiger partial charge in [-0.15, -0.1) is 0 Å². The molecule has 1 aliphatic heterocycles. The molecule has 1 fully saturated rings. The Bertz CT molecular complexity index is 792. The van der Waals surface area contributed by atoms with Crippen LogP contribution in [0.15, 0.2) is 43.0 Å². The number of nitrogens with zero attached hydrogens (tertiary/aromatic N) is 3. The molecule has 0 amide bonds. The first-order chi connectivity index (χ1) is 11.9. The molecule has 124 valence electrons. The van der Waals surface area contributed by atoms with Crippen molar-refractivity contribution in [2.75, 3.05) is 18.5 Å². The number of imidazole rings is 1. The third-order valence-electron chi connectivity index (χ3n) is 4.14. The minimum atomic E-state index is 0.0314. The van der Waals surface area contributed by atoms with Gasteiger partial charge < -0.3 is 19.8 Å². The van der Waals surface area contributed by atoms with E-state index < -0.39 is 0 Å². The molecule has 0 bridgehead atoms. The van der Waals surface area contributed by atoms with Crippen LogP contribution in [-0.2, 0) is 16.1 Å². The number of hydrogen-bond donors (Lipinski definition) is 2. The van der Waals surface area contributed by atoms with Gasteiger partial charge in [-0.3, -0.25) is 0 Å². The van der Waals surface area contributed by atoms with Gasteiger partial charge in [0.2, 0.25) is 0 Å². The molecular weight excluding hydrogens is 306 g/mol. The molecule has 7 heteroatoms. The summed E-state index contributed by atoms with van der Waals surface area (Å²) in [6, 6.07) is 10.2. The number of rotatable bonds is 5. The second-order valence-corrected chi connectivity index (χ2v) is 5.77. The SMILES string of the molecule is c1ccc(CO[C@H]2CCOC[C@H]2Nc2ncnc3nc[nH]c23)cc1. The molecule has 1 saturated heterocycles. The normalized spacial score (nSPS) is 21.0. The number of aromatic amines is 1. The van der Waals surface area contributed by atoms with E-state index in [2.05, 4.69) is 37.4 Å². The predicted octanol–water partition coefficient (Wildman–Crippen LogP) is 2.14. The van der Waals surface area contributed by atoms with Crippen LogP contribution in [-0.4, -0.2) is 45.3 Å². The van der Waals surface area contributed by atoms with Crippen molar-refractivity contribution in [3.8, 4) is 0 Å². The lowest BCUT2D eigenvalue weighted by Gasteiger charge is -2.32. The van der Waals surface area contributed by atoms with E-state index >= 15 is 0 Å². The Morgan fingerprint density at radius 2 is 2.12 bits per heavy atom. The molecule has 3 heterocycles. The lowest BCUT2D eigenvalue weighted by atomic mass is 10.1. The molecule has 0 aliphatic carbocycles. The Balaban J connectivity index is 1.47. The number of ether oxygens (including phenoxy) is 2. The summed E-state index contributed by atoms with van der Waals surface area (Å²) in [5.74, 6) is 0.723. The molecule has 3 aromatic rings. The van der Waals surface area contributed by atoms with Crippen LogP contribution in [0.4, 0.5) is 5.82 Å². The zero-order valence-electron chi connectivity index (χ0n) is 13.2. The van der Waals surface area contributed by atoms with Gasteiger partial charge in [0.15, 0.2) is 11.5 Å². The first-order valence-electron chi connectivity index (χ1n) is 8.04. The highest BCUT2D eigenvalue weighted by molar-refractivity contribution is 5.82. The van der Waals surface area contributed by atoms with Crippen LogP contribution < -0.4 is 5.32 Å². The van der Waals surface area contributed by atoms with E-state index in [0.717, 1.165) is 17.8 Å². The van der Waals surface area contributed by atoms with Gasteiger partial charge in [-0.05, 0) is 12.0 Å². The van der Waals surface area contributed by atoms with Gasteiger partial charge in [-0.2, -0.15) is 0 Å². The highest BCUT2D eigenvalue weighted by atomic mass is 16.5. The Labute approximate surface area is 139 Å². The zero-order valence-corrected chi connectivity index (χ0v) is 13.2. The topological polar surface area (TPSA) is 84.9 Å². The molecule has 2 N–H and O–H groups in total. The number of anilines is 1. The molecule has 24 heavy (non-hydrogen) atoms. The van der Waals surface area contributed by atoms with Crippen LogP contribution in [0.5, 0.6) is 0 Å². The minimum Gasteiger partial charge on any atom is -0.379 e. The lowest BCUT2D eigenvalue weighted by molar-refractivity contribution is -0.0478. The van der Waals surface area contributed by atoms with Crippen LogP contribution in [0.2, 0.25) is 0 Å². The second kappa shape index (κ2) is 6.94. The van der Waals surface area contributed by atoms with Gasteiger partial charge in [0.25, 0.3) is 0 Å². The van der Waals surface area contributed by atoms with Crippen LogP contribution in [0.3, 0.4) is 0 Å². The summed E-state index contributed by atoms with van der Waals surface area (Å²) in [5, 5.41) is 3.42. The summed E-state index contributed by atoms with van der Waals surface area (Å²) in [6.07, 6.45) is 4.04. The van der Waals surface area contributed by atoms with Crippen LogP contribution >= 0.6 is 0 Å². The quantitative estimate of drug-likeness (QED) is 0.747. The molecule has 4 rings (SSSR count). The first kappa shape index (κ1) is 15.0. The van der Waals surface area contributed by atoms with E-state index in [0.29, 0.717) is 25.5 Å². The second-order valence-electron chi connectivity index (χ2n) is 5.77. The summed E-state index contributed by atoms with van der Waals surface area (Å²) in [5.41, 5.74) is 2.61. The third-order valence-corrected chi connectivity index (χ3v) is 4.14. The van der Waals surface area contributed by atoms with Crippen molar-refractivity contribution >= 4 is 17.0 Å². The van der Waals surface area contributed by atoms with E-state index in [9.17, 15) is 0 Å². The van der Waals surface area contributed by atoms with Gasteiger partial charge in [-0.1, -0.05) is 30.3 Å². The molecular formula is C17H19N5O2. The van der Waals surface area contributed by atoms with Crippen molar-refractivity contribution in [3.63, 3.8) is 0 Å². The molecule has 1 aliphatic rings. The van der Waals surface area contributed by atoms with Crippen molar-refractivity contribution < 1.29 is 9.47 Å². The van der Waals surface area contributed by atoms with Gasteiger partial charge in [-0.25, -0.2) is 15.0 Å². The molecule has 0 radical (unpaired) electrons. The maximum absolute atomic E-state index is 6.14. The number of benzene rings is 1. The maximum Gasteiger partial charge on any atom is 0.182 e. The zero-order chi connectivity index (χ0) is 16.2. The van der Waals surface area contributed by atoms with Gasteiger partial charge in [0.1, 0.15) is 11.8 Å². The first-order valence-corrected chi connectivity index (χ1v) is 8.04. The van der Waals surface area contributed by atoms with Gasteiger partial charge in [0, 0.05) is 6.61 Å². The van der Waals surface area contributed by atoms with Gasteiger partial charge in [0.05, 0.1) is 31.7 Å². The fraction of sp³-hybridized carbons (Fsp3) is 0.353. The van der Waals surface area contributed by atoms with Crippen molar-refractivity contribution in [2.45, 2.75) is 25.2 Å². The molecule has 2 aromatic heterocycles. The smallest absolute Gasteiger partial charge is 0.182 e. The summed E-state index contributed by atoms with van der Waals surface area (Å²) < 4.78 is 11.8. The fourth-order valence-electron chi connectivity index (χ4n) is 2.88. The van der Waals surface area contributed by atoms with E-state index in [1.165, 1.54) is 11.9 Å². The largest absolute Gasteiger partial charge is 0.379 e. The molecule has 0 saturated carbocycles. The Hall–Kier alpha value is -2.51. The van der Waals surface area contributed by atoms with Crippen LogP contribution in [0.1, 0.15) is 12.0 Å². The summed E-state index contributed by atoms with van der Waals surface area (Å²) in [7, 11) is 0. The molecule has 0 spiro atoms. The standard InChI is InChI=1S/C17H19N5O2/c1-2-4-12(5-3-1)8-24-14-6-7-23-9-13(14)22-17-15-16(19-10-18-15)20-11-21-17/h1-5,10-11,13-14H,6-9H2,(H2,18,19,20,21,22)/t13-,14+/m1/s1. The highest BCUT2D eigenvalue weighted by Gasteiger charge is 2.27. The Kier molecular flexibility index (Phi) is 4.35. The minimum absolute atomic E-state index is 0.0314. The molecule has 7 nitrogen and oxygen atoms in total. The van der Waals surface area contributed by atoms with E-state index in [1.54, 1.807) is 6.33 Å². The summed E-state index contributed by atoms with van der Waals surface area (Å²) in [4.78, 5) is 15.7. The number of nitrogens with one attached hydrogen (secondary N) is 2. The monoisotopic (exact) mass is 325 g/mol. The summed E-state index contributed by atoms with van der Waals surface area (Å²) in [6.45, 7) is 1.88. The van der Waals surface area contributed by atoms with E-state index in [1.807, 2.05) is 18.2 Å². The predicted molar refractivity (Wildman–Crippen MR) is 89.5 cm³/mol. The maximum atomic E-state index is 6.14. The number of aromatic nitrogens is 4. The molecule has 2 atom stereocenters. The number of fused-ring (bicyclic) bond motifs is 1. The van der Waals surface area contributed by atoms with Crippen LogP contribution in [0.25, 0.3) is 11.2 Å². The molecule has 1 aromatic carbocycles. The van der Waals surface area contributed by atoms with E-state index in [-0.39, 0.29) is 12.1 Å². The summed E-state index contributed by atoms with van der Waals surface area (Å²) >= 11 is 0. The van der Waals surface area contributed by atoms with Crippen molar-refractivity contribution in [1.29, 1.82) is 0 Å². The van der Waals surface area contributed by atoms with Gasteiger partial charge >= 0.3 is 0 Å². The molecule has 0 unspecified atom stereocenters. The third kappa shape index (κ3) is 3.22. The Morgan fingerprint density at radius 1 is 1.21 bits per heavy atom. The average molecular weight is 325 g/mol. The highest BCUT2D eigenvalue weighted by Crippen LogP contribution is 2.21. The number of hydrogen-bond acceptors (Lipinski definition) is 6. The fourth-order valence-corrected chi connectivity index (χ4v) is 2.88. The lowest BCUT2D eigenvalue weighted by Crippen LogP contribution is -2.44. The van der Waals surface area contributed by atoms with Crippen molar-refractivity contribution in [3.05, 3.63) is 48.5 Å².